The maximum Gasteiger partial charge on any atom is 0.338 e. The van der Waals surface area contributed by atoms with Crippen molar-refractivity contribution in [1.29, 1.82) is 0 Å². The molecule has 0 N–H and O–H groups in total. The van der Waals surface area contributed by atoms with Gasteiger partial charge in [0.2, 0.25) is 0 Å². The molecule has 204 valence electrons. The number of fused-ring (bicyclic) bond motifs is 1. The number of furan rings is 1. The minimum absolute atomic E-state index is 0.130. The summed E-state index contributed by atoms with van der Waals surface area (Å²) >= 11 is 7.40. The van der Waals surface area contributed by atoms with Gasteiger partial charge in [-0.3, -0.25) is 19.5 Å². The number of methoxy groups -OCH3 is 1. The van der Waals surface area contributed by atoms with E-state index >= 15 is 0 Å². The van der Waals surface area contributed by atoms with Crippen LogP contribution >= 0.6 is 22.9 Å². The number of carbonyl (C=O) groups is 1. The molecular weight excluding hydrogens is 558 g/mol. The second-order valence-electron chi connectivity index (χ2n) is 8.67. The minimum Gasteiger partial charge on any atom is -0.496 e. The van der Waals surface area contributed by atoms with Crippen LogP contribution in [-0.4, -0.2) is 29.2 Å². The van der Waals surface area contributed by atoms with Gasteiger partial charge >= 0.3 is 5.97 Å². The first kappa shape index (κ1) is 27.1. The lowest BCUT2D eigenvalue weighted by Crippen LogP contribution is -2.40. The van der Waals surface area contributed by atoms with Gasteiger partial charge in [-0.25, -0.2) is 9.79 Å². The summed E-state index contributed by atoms with van der Waals surface area (Å²) in [6, 6.07) is 13.6. The molecule has 10 nitrogen and oxygen atoms in total. The average Bonchev–Trinajstić information content (AvgIpc) is 3.52. The number of hydrogen-bond acceptors (Lipinski definition) is 9. The molecule has 0 fully saturated rings. The number of halogens is 1. The standard InChI is InChI=1S/C28H22ClN3O7S/c1-4-38-27(34)24-15(2)30-28-31(25(24)18-7-5-6-8-21(18)37-3)26(33)23(40-28)14-17-10-12-22(39-17)19-13-16(32(35)36)9-11-20(19)29/h5-14,25H,4H2,1-3H3/b23-14+/t25-/m0/s1. The number of nitro groups is 1. The van der Waals surface area contributed by atoms with Gasteiger partial charge in [0.25, 0.3) is 11.2 Å². The third-order valence-electron chi connectivity index (χ3n) is 6.28. The van der Waals surface area contributed by atoms with Crippen LogP contribution in [0.5, 0.6) is 5.75 Å². The number of allylic oxidation sites excluding steroid dienone is 1. The van der Waals surface area contributed by atoms with Crippen molar-refractivity contribution in [3.63, 3.8) is 0 Å². The first-order valence-electron chi connectivity index (χ1n) is 12.1. The summed E-state index contributed by atoms with van der Waals surface area (Å²) in [5.41, 5.74) is 1.11. The van der Waals surface area contributed by atoms with Crippen LogP contribution in [0.25, 0.3) is 17.4 Å². The Labute approximate surface area is 236 Å². The van der Waals surface area contributed by atoms with Crippen LogP contribution in [0.2, 0.25) is 5.02 Å². The lowest BCUT2D eigenvalue weighted by atomic mass is 9.95. The number of rotatable bonds is 7. The third kappa shape index (κ3) is 4.85. The number of non-ortho nitro benzene ring substituents is 1. The molecule has 40 heavy (non-hydrogen) atoms. The van der Waals surface area contributed by atoms with E-state index in [2.05, 4.69) is 4.99 Å². The predicted molar refractivity (Wildman–Crippen MR) is 149 cm³/mol. The van der Waals surface area contributed by atoms with Crippen molar-refractivity contribution in [2.24, 2.45) is 4.99 Å². The molecule has 1 aliphatic rings. The van der Waals surface area contributed by atoms with E-state index in [1.54, 1.807) is 56.3 Å². The third-order valence-corrected chi connectivity index (χ3v) is 7.59. The molecule has 0 spiro atoms. The van der Waals surface area contributed by atoms with E-state index in [-0.39, 0.29) is 28.4 Å². The molecule has 4 aromatic rings. The van der Waals surface area contributed by atoms with Crippen molar-refractivity contribution < 1.29 is 23.6 Å². The summed E-state index contributed by atoms with van der Waals surface area (Å²) < 4.78 is 18.5. The Morgan fingerprint density at radius 2 is 2.02 bits per heavy atom. The Hall–Kier alpha value is -4.48. The number of carbonyl (C=O) groups excluding carboxylic acids is 1. The molecule has 0 bridgehead atoms. The van der Waals surface area contributed by atoms with E-state index in [1.807, 2.05) is 0 Å². The second-order valence-corrected chi connectivity index (χ2v) is 10.1. The highest BCUT2D eigenvalue weighted by atomic mass is 35.5. The first-order chi connectivity index (χ1) is 19.2. The molecule has 1 atom stereocenters. The van der Waals surface area contributed by atoms with Crippen molar-refractivity contribution in [2.45, 2.75) is 19.9 Å². The average molecular weight is 580 g/mol. The fourth-order valence-corrected chi connectivity index (χ4v) is 5.74. The monoisotopic (exact) mass is 579 g/mol. The molecule has 0 unspecified atom stereocenters. The molecule has 0 saturated heterocycles. The van der Waals surface area contributed by atoms with Crippen LogP contribution in [0.15, 0.2) is 80.1 Å². The Balaban J connectivity index is 1.65. The highest BCUT2D eigenvalue weighted by Gasteiger charge is 2.35. The Morgan fingerprint density at radius 1 is 1.25 bits per heavy atom. The largest absolute Gasteiger partial charge is 0.496 e. The van der Waals surface area contributed by atoms with Crippen molar-refractivity contribution >= 4 is 40.7 Å². The first-order valence-corrected chi connectivity index (χ1v) is 13.3. The molecule has 0 radical (unpaired) electrons. The van der Waals surface area contributed by atoms with E-state index in [4.69, 9.17) is 25.5 Å². The predicted octanol–water partition coefficient (Wildman–Crippen LogP) is 4.63. The van der Waals surface area contributed by atoms with Crippen LogP contribution in [0, 0.1) is 10.1 Å². The molecule has 2 aromatic heterocycles. The van der Waals surface area contributed by atoms with Crippen LogP contribution in [0.4, 0.5) is 5.69 Å². The summed E-state index contributed by atoms with van der Waals surface area (Å²) in [5.74, 6) is 0.569. The van der Waals surface area contributed by atoms with Gasteiger partial charge in [-0.15, -0.1) is 0 Å². The van der Waals surface area contributed by atoms with Gasteiger partial charge in [0.1, 0.15) is 23.3 Å². The van der Waals surface area contributed by atoms with Crippen molar-refractivity contribution in [1.82, 2.24) is 4.57 Å². The molecule has 12 heteroatoms. The molecule has 5 rings (SSSR count). The fourth-order valence-electron chi connectivity index (χ4n) is 4.50. The van der Waals surface area contributed by atoms with Crippen molar-refractivity contribution in [3.8, 4) is 17.1 Å². The lowest BCUT2D eigenvalue weighted by molar-refractivity contribution is -0.384. The fraction of sp³-hybridized carbons (Fsp3) is 0.179. The number of para-hydroxylation sites is 1. The zero-order valence-corrected chi connectivity index (χ0v) is 23.1. The van der Waals surface area contributed by atoms with Crippen molar-refractivity contribution in [3.05, 3.63) is 112 Å². The normalized spacial score (nSPS) is 15.0. The van der Waals surface area contributed by atoms with Gasteiger partial charge < -0.3 is 13.9 Å². The second kappa shape index (κ2) is 10.9. The highest BCUT2D eigenvalue weighted by Crippen LogP contribution is 2.36. The van der Waals surface area contributed by atoms with E-state index in [0.29, 0.717) is 43.4 Å². The Morgan fingerprint density at radius 3 is 2.75 bits per heavy atom. The summed E-state index contributed by atoms with van der Waals surface area (Å²) in [6.45, 7) is 3.57. The van der Waals surface area contributed by atoms with E-state index in [1.165, 1.54) is 29.9 Å². The van der Waals surface area contributed by atoms with E-state index < -0.39 is 16.9 Å². The number of aromatic nitrogens is 1. The molecule has 1 aliphatic heterocycles. The SMILES string of the molecule is CCOC(=O)C1=C(C)N=c2s/c(=C/c3ccc(-c4cc([N+](=O)[O-])ccc4Cl)o3)c(=O)n2[C@H]1c1ccccc1OC. The van der Waals surface area contributed by atoms with Gasteiger partial charge in [0.05, 0.1) is 39.5 Å². The molecular formula is C28H22ClN3O7S. The number of ether oxygens (including phenoxy) is 2. The van der Waals surface area contributed by atoms with Gasteiger partial charge in [0.15, 0.2) is 4.80 Å². The number of nitrogens with zero attached hydrogens (tertiary/aromatic N) is 3. The quantitative estimate of drug-likeness (QED) is 0.177. The summed E-state index contributed by atoms with van der Waals surface area (Å²) in [7, 11) is 1.52. The zero-order valence-electron chi connectivity index (χ0n) is 21.5. The number of nitro benzene ring substituents is 1. The van der Waals surface area contributed by atoms with Gasteiger partial charge in [-0.1, -0.05) is 41.1 Å². The van der Waals surface area contributed by atoms with Crippen molar-refractivity contribution in [2.75, 3.05) is 13.7 Å². The molecule has 0 saturated carbocycles. The van der Waals surface area contributed by atoms with E-state index in [9.17, 15) is 19.7 Å². The summed E-state index contributed by atoms with van der Waals surface area (Å²) in [5, 5.41) is 11.5. The zero-order chi connectivity index (χ0) is 28.6. The van der Waals surface area contributed by atoms with Gasteiger partial charge in [-0.2, -0.15) is 0 Å². The number of benzene rings is 2. The topological polar surface area (TPSA) is 126 Å². The number of hydrogen-bond donors (Lipinski definition) is 0. The lowest BCUT2D eigenvalue weighted by Gasteiger charge is -2.25. The summed E-state index contributed by atoms with van der Waals surface area (Å²) in [4.78, 5) is 42.5. The van der Waals surface area contributed by atoms with Crippen LogP contribution in [0.3, 0.4) is 0 Å². The Bertz CT molecular complexity index is 1870. The molecule has 0 amide bonds. The van der Waals surface area contributed by atoms with Gasteiger partial charge in [0, 0.05) is 29.3 Å². The van der Waals surface area contributed by atoms with Crippen LogP contribution in [-0.2, 0) is 9.53 Å². The molecule has 2 aromatic carbocycles. The number of esters is 1. The van der Waals surface area contributed by atoms with Crippen LogP contribution < -0.4 is 19.6 Å². The Kier molecular flexibility index (Phi) is 7.42. The van der Waals surface area contributed by atoms with Gasteiger partial charge in [-0.05, 0) is 38.1 Å². The molecule has 3 heterocycles. The number of thiazole rings is 1. The van der Waals surface area contributed by atoms with Crippen LogP contribution in [0.1, 0.15) is 31.2 Å². The molecule has 0 aliphatic carbocycles. The maximum absolute atomic E-state index is 13.8. The smallest absolute Gasteiger partial charge is 0.338 e. The minimum atomic E-state index is -0.829. The highest BCUT2D eigenvalue weighted by molar-refractivity contribution is 7.07. The van der Waals surface area contributed by atoms with E-state index in [0.717, 1.165) is 11.3 Å². The maximum atomic E-state index is 13.8. The summed E-state index contributed by atoms with van der Waals surface area (Å²) in [6.07, 6.45) is 1.56.